The topological polar surface area (TPSA) is 75.7 Å². The van der Waals surface area contributed by atoms with Crippen molar-refractivity contribution in [2.24, 2.45) is 0 Å². The second-order valence-electron chi connectivity index (χ2n) is 5.12. The van der Waals surface area contributed by atoms with Crippen LogP contribution < -0.4 is 10.1 Å². The molecule has 1 heterocycles. The Balaban J connectivity index is 1.88. The number of nitrogens with zero attached hydrogens (tertiary/aromatic N) is 1. The van der Waals surface area contributed by atoms with Gasteiger partial charge in [-0.15, -0.1) is 11.3 Å². The minimum atomic E-state index is -3.79. The van der Waals surface area contributed by atoms with Gasteiger partial charge in [-0.25, -0.2) is 8.42 Å². The molecule has 0 aliphatic rings. The van der Waals surface area contributed by atoms with E-state index in [0.717, 1.165) is 15.6 Å². The Kier molecular flexibility index (Phi) is 6.93. The van der Waals surface area contributed by atoms with Crippen LogP contribution in [0.5, 0.6) is 5.75 Å². The van der Waals surface area contributed by atoms with Gasteiger partial charge >= 0.3 is 6.61 Å². The van der Waals surface area contributed by atoms with Gasteiger partial charge in [0.2, 0.25) is 5.91 Å². The van der Waals surface area contributed by atoms with Gasteiger partial charge in [0.1, 0.15) is 9.96 Å². The summed E-state index contributed by atoms with van der Waals surface area (Å²) in [5.41, 5.74) is 0.649. The van der Waals surface area contributed by atoms with E-state index in [9.17, 15) is 22.0 Å². The van der Waals surface area contributed by atoms with Crippen molar-refractivity contribution in [3.05, 3.63) is 46.3 Å². The van der Waals surface area contributed by atoms with Crippen LogP contribution in [0.4, 0.5) is 8.78 Å². The van der Waals surface area contributed by atoms with Crippen LogP contribution in [0.1, 0.15) is 5.56 Å². The van der Waals surface area contributed by atoms with Crippen LogP contribution in [0.3, 0.4) is 0 Å². The van der Waals surface area contributed by atoms with Gasteiger partial charge in [0, 0.05) is 13.6 Å². The average molecular weight is 425 g/mol. The summed E-state index contributed by atoms with van der Waals surface area (Å²) in [7, 11) is -2.50. The van der Waals surface area contributed by atoms with Crippen molar-refractivity contribution in [1.29, 1.82) is 0 Å². The number of alkyl halides is 2. The summed E-state index contributed by atoms with van der Waals surface area (Å²) in [5.74, 6) is -0.498. The molecule has 6 nitrogen and oxygen atoms in total. The molecular weight excluding hydrogens is 410 g/mol. The van der Waals surface area contributed by atoms with Crippen molar-refractivity contribution < 1.29 is 26.7 Å². The summed E-state index contributed by atoms with van der Waals surface area (Å²) >= 11 is 6.64. The standard InChI is InChI=1S/C15H15ClF2N2O4S2/c1-20(26(22,23)14-7-6-12(16)25-14)9-13(21)19-8-10-2-4-11(5-3-10)24-15(17)18/h2-7,15H,8-9H2,1H3,(H,19,21). The number of rotatable bonds is 8. The van der Waals surface area contributed by atoms with E-state index in [4.69, 9.17) is 11.6 Å². The van der Waals surface area contributed by atoms with E-state index in [0.29, 0.717) is 9.90 Å². The van der Waals surface area contributed by atoms with Crippen LogP contribution in [0.25, 0.3) is 0 Å². The highest BCUT2D eigenvalue weighted by Crippen LogP contribution is 2.27. The first-order valence-electron chi connectivity index (χ1n) is 7.20. The molecule has 0 saturated heterocycles. The van der Waals surface area contributed by atoms with Crippen molar-refractivity contribution in [3.8, 4) is 5.75 Å². The van der Waals surface area contributed by atoms with Gasteiger partial charge in [-0.05, 0) is 29.8 Å². The number of likely N-dealkylation sites (N-methyl/N-ethyl adjacent to an activating group) is 1. The van der Waals surface area contributed by atoms with Crippen molar-refractivity contribution in [1.82, 2.24) is 9.62 Å². The zero-order valence-electron chi connectivity index (χ0n) is 13.5. The summed E-state index contributed by atoms with van der Waals surface area (Å²) in [4.78, 5) is 12.0. The Hall–Kier alpha value is -1.75. The predicted octanol–water partition coefficient (Wildman–Crippen LogP) is 2.94. The number of hydrogen-bond acceptors (Lipinski definition) is 5. The zero-order chi connectivity index (χ0) is 19.3. The van der Waals surface area contributed by atoms with Gasteiger partial charge in [0.15, 0.2) is 0 Å². The second kappa shape index (κ2) is 8.76. The van der Waals surface area contributed by atoms with Crippen LogP contribution >= 0.6 is 22.9 Å². The fraction of sp³-hybridized carbons (Fsp3) is 0.267. The maximum atomic E-state index is 12.3. The third kappa shape index (κ3) is 5.63. The molecule has 0 radical (unpaired) electrons. The van der Waals surface area contributed by atoms with E-state index in [1.807, 2.05) is 0 Å². The molecule has 0 atom stereocenters. The molecule has 1 N–H and O–H groups in total. The van der Waals surface area contributed by atoms with Crippen LogP contribution in [0.15, 0.2) is 40.6 Å². The van der Waals surface area contributed by atoms with Gasteiger partial charge in [-0.1, -0.05) is 23.7 Å². The first-order valence-corrected chi connectivity index (χ1v) is 9.84. The number of benzene rings is 1. The molecule has 0 bridgehead atoms. The molecule has 0 fully saturated rings. The number of amides is 1. The summed E-state index contributed by atoms with van der Waals surface area (Å²) in [6.07, 6.45) is 0. The van der Waals surface area contributed by atoms with E-state index in [1.165, 1.54) is 43.4 Å². The van der Waals surface area contributed by atoms with Gasteiger partial charge in [-0.3, -0.25) is 4.79 Å². The van der Waals surface area contributed by atoms with Crippen LogP contribution in [0, 0.1) is 0 Å². The Morgan fingerprint density at radius 2 is 1.92 bits per heavy atom. The summed E-state index contributed by atoms with van der Waals surface area (Å²) < 4.78 is 54.3. The smallest absolute Gasteiger partial charge is 0.387 e. The number of sulfonamides is 1. The van der Waals surface area contributed by atoms with E-state index < -0.39 is 22.5 Å². The van der Waals surface area contributed by atoms with E-state index in [-0.39, 0.29) is 23.0 Å². The molecular formula is C15H15ClF2N2O4S2. The SMILES string of the molecule is CN(CC(=O)NCc1ccc(OC(F)F)cc1)S(=O)(=O)c1ccc(Cl)s1. The maximum Gasteiger partial charge on any atom is 0.387 e. The fourth-order valence-electron chi connectivity index (χ4n) is 1.92. The monoisotopic (exact) mass is 424 g/mol. The summed E-state index contributed by atoms with van der Waals surface area (Å²) in [6.45, 7) is -3.16. The molecule has 142 valence electrons. The quantitative estimate of drug-likeness (QED) is 0.707. The lowest BCUT2D eigenvalue weighted by molar-refractivity contribution is -0.121. The van der Waals surface area contributed by atoms with Crippen LogP contribution in [-0.2, 0) is 21.4 Å². The maximum absolute atomic E-state index is 12.3. The summed E-state index contributed by atoms with van der Waals surface area (Å²) in [6, 6.07) is 8.59. The molecule has 2 rings (SSSR count). The highest BCUT2D eigenvalue weighted by molar-refractivity contribution is 7.91. The Morgan fingerprint density at radius 1 is 1.27 bits per heavy atom. The van der Waals surface area contributed by atoms with E-state index >= 15 is 0 Å². The number of thiophene rings is 1. The lowest BCUT2D eigenvalue weighted by Crippen LogP contribution is -2.37. The molecule has 1 aromatic carbocycles. The molecule has 11 heteroatoms. The van der Waals surface area contributed by atoms with E-state index in [1.54, 1.807) is 0 Å². The highest BCUT2D eigenvalue weighted by atomic mass is 35.5. The molecule has 0 saturated carbocycles. The number of halogens is 3. The molecule has 1 amide bonds. The number of carbonyl (C=O) groups is 1. The Bertz CT molecular complexity index is 857. The van der Waals surface area contributed by atoms with Gasteiger partial charge < -0.3 is 10.1 Å². The molecule has 0 aliphatic carbocycles. The first-order chi connectivity index (χ1) is 12.2. The molecule has 0 spiro atoms. The summed E-state index contributed by atoms with van der Waals surface area (Å²) in [5, 5.41) is 2.56. The molecule has 0 aliphatic heterocycles. The second-order valence-corrected chi connectivity index (χ2v) is 9.11. The van der Waals surface area contributed by atoms with Crippen LogP contribution in [0.2, 0.25) is 4.34 Å². The first kappa shape index (κ1) is 20.6. The Labute approximate surface area is 158 Å². The molecule has 0 unspecified atom stereocenters. The fourth-order valence-corrected chi connectivity index (χ4v) is 4.74. The number of hydrogen-bond donors (Lipinski definition) is 1. The molecule has 1 aromatic heterocycles. The normalized spacial score (nSPS) is 11.8. The van der Waals surface area contributed by atoms with Gasteiger partial charge in [0.25, 0.3) is 10.0 Å². The Morgan fingerprint density at radius 3 is 2.46 bits per heavy atom. The van der Waals surface area contributed by atoms with Crippen molar-refractivity contribution in [2.75, 3.05) is 13.6 Å². The minimum Gasteiger partial charge on any atom is -0.435 e. The number of carbonyl (C=O) groups excluding carboxylic acids is 1. The highest BCUT2D eigenvalue weighted by Gasteiger charge is 2.24. The lowest BCUT2D eigenvalue weighted by atomic mass is 10.2. The number of ether oxygens (including phenoxy) is 1. The van der Waals surface area contributed by atoms with Gasteiger partial charge in [0.05, 0.1) is 10.9 Å². The average Bonchev–Trinajstić information content (AvgIpc) is 3.01. The van der Waals surface area contributed by atoms with E-state index in [2.05, 4.69) is 10.1 Å². The van der Waals surface area contributed by atoms with Crippen LogP contribution in [-0.4, -0.2) is 38.8 Å². The molecule has 2 aromatic rings. The van der Waals surface area contributed by atoms with Crippen molar-refractivity contribution >= 4 is 38.9 Å². The van der Waals surface area contributed by atoms with Crippen molar-refractivity contribution in [2.45, 2.75) is 17.4 Å². The third-order valence-corrected chi connectivity index (χ3v) is 6.72. The largest absolute Gasteiger partial charge is 0.435 e. The minimum absolute atomic E-state index is 0.00973. The molecule has 26 heavy (non-hydrogen) atoms. The zero-order valence-corrected chi connectivity index (χ0v) is 15.9. The third-order valence-electron chi connectivity index (χ3n) is 3.22. The number of nitrogens with one attached hydrogen (secondary N) is 1. The van der Waals surface area contributed by atoms with Crippen molar-refractivity contribution in [3.63, 3.8) is 0 Å². The lowest BCUT2D eigenvalue weighted by Gasteiger charge is -2.15. The predicted molar refractivity (Wildman–Crippen MR) is 94.1 cm³/mol. The van der Waals surface area contributed by atoms with Gasteiger partial charge in [-0.2, -0.15) is 13.1 Å².